The fraction of sp³-hybridized carbons (Fsp3) is 0.562. The van der Waals surface area contributed by atoms with Crippen LogP contribution in [0.15, 0.2) is 18.2 Å². The smallest absolute Gasteiger partial charge is 0.127 e. The molecule has 0 radical (unpaired) electrons. The number of hydrogen-bond donors (Lipinski definition) is 0. The second-order valence-corrected chi connectivity index (χ2v) is 7.00. The number of nitrogens with zero attached hydrogens (tertiary/aromatic N) is 2. The van der Waals surface area contributed by atoms with Crippen LogP contribution in [0.3, 0.4) is 0 Å². The van der Waals surface area contributed by atoms with E-state index in [9.17, 15) is 4.39 Å². The zero-order valence-corrected chi connectivity index (χ0v) is 13.3. The zero-order chi connectivity index (χ0) is 15.2. The van der Waals surface area contributed by atoms with Crippen molar-refractivity contribution in [2.24, 2.45) is 0 Å². The van der Waals surface area contributed by atoms with Gasteiger partial charge in [0, 0.05) is 18.7 Å². The highest BCUT2D eigenvalue weighted by Gasteiger charge is 2.32. The summed E-state index contributed by atoms with van der Waals surface area (Å²) in [5.41, 5.74) is 1.45. The van der Waals surface area contributed by atoms with Gasteiger partial charge in [-0.1, -0.05) is 0 Å². The quantitative estimate of drug-likeness (QED) is 0.758. The van der Waals surface area contributed by atoms with Crippen LogP contribution in [0.4, 0.5) is 4.39 Å². The van der Waals surface area contributed by atoms with Crippen LogP contribution in [0.1, 0.15) is 50.9 Å². The van der Waals surface area contributed by atoms with Crippen molar-refractivity contribution >= 4 is 22.6 Å². The fourth-order valence-electron chi connectivity index (χ4n) is 3.17. The number of hydrogen-bond acceptors (Lipinski definition) is 2. The first kappa shape index (κ1) is 14.8. The van der Waals surface area contributed by atoms with Crippen LogP contribution in [0.5, 0.6) is 0 Å². The largest absolute Gasteiger partial charge is 0.375 e. The minimum absolute atomic E-state index is 0.160. The molecule has 2 unspecified atom stereocenters. The van der Waals surface area contributed by atoms with Gasteiger partial charge in [0.1, 0.15) is 11.6 Å². The Morgan fingerprint density at radius 2 is 2.24 bits per heavy atom. The van der Waals surface area contributed by atoms with E-state index in [0.29, 0.717) is 12.1 Å². The molecule has 0 saturated carbocycles. The molecule has 2 aromatic rings. The summed E-state index contributed by atoms with van der Waals surface area (Å²) in [6.45, 7) is 6.82. The fourth-order valence-corrected chi connectivity index (χ4v) is 3.33. The van der Waals surface area contributed by atoms with Crippen molar-refractivity contribution in [1.82, 2.24) is 9.55 Å². The molecule has 2 atom stereocenters. The van der Waals surface area contributed by atoms with Gasteiger partial charge < -0.3 is 9.30 Å². The molecule has 1 aromatic heterocycles. The molecule has 0 spiro atoms. The SMILES string of the molecule is CC(Cl)c1nc2cc(F)ccc2n1C1CCOC(C)(C)C1. The summed E-state index contributed by atoms with van der Waals surface area (Å²) in [7, 11) is 0. The molecule has 0 N–H and O–H groups in total. The van der Waals surface area contributed by atoms with Crippen molar-refractivity contribution in [2.45, 2.75) is 50.6 Å². The van der Waals surface area contributed by atoms with Crippen LogP contribution in [0, 0.1) is 5.82 Å². The van der Waals surface area contributed by atoms with Gasteiger partial charge in [-0.2, -0.15) is 0 Å². The predicted octanol–water partition coefficient (Wildman–Crippen LogP) is 4.61. The van der Waals surface area contributed by atoms with E-state index in [1.807, 2.05) is 6.92 Å². The van der Waals surface area contributed by atoms with Crippen molar-refractivity contribution in [1.29, 1.82) is 0 Å². The van der Waals surface area contributed by atoms with E-state index in [4.69, 9.17) is 16.3 Å². The Kier molecular flexibility index (Phi) is 3.70. The summed E-state index contributed by atoms with van der Waals surface area (Å²) in [6, 6.07) is 5.02. The summed E-state index contributed by atoms with van der Waals surface area (Å²) in [4.78, 5) is 4.55. The second-order valence-electron chi connectivity index (χ2n) is 6.34. The molecule has 2 heterocycles. The highest BCUT2D eigenvalue weighted by molar-refractivity contribution is 6.20. The number of imidazole rings is 1. The molecule has 1 saturated heterocycles. The van der Waals surface area contributed by atoms with Crippen LogP contribution in [-0.4, -0.2) is 21.8 Å². The lowest BCUT2D eigenvalue weighted by Crippen LogP contribution is -2.35. The third-order valence-electron chi connectivity index (χ3n) is 4.07. The van der Waals surface area contributed by atoms with E-state index < -0.39 is 0 Å². The molecular weight excluding hydrogens is 291 g/mol. The Labute approximate surface area is 129 Å². The Bertz CT molecular complexity index is 666. The maximum Gasteiger partial charge on any atom is 0.127 e. The van der Waals surface area contributed by atoms with Gasteiger partial charge >= 0.3 is 0 Å². The highest BCUT2D eigenvalue weighted by atomic mass is 35.5. The van der Waals surface area contributed by atoms with Gasteiger partial charge in [-0.25, -0.2) is 9.37 Å². The molecule has 3 rings (SSSR count). The van der Waals surface area contributed by atoms with Crippen LogP contribution in [-0.2, 0) is 4.74 Å². The molecule has 5 heteroatoms. The summed E-state index contributed by atoms with van der Waals surface area (Å²) in [5.74, 6) is 0.535. The molecular formula is C16H20ClFN2O. The van der Waals surface area contributed by atoms with Crippen LogP contribution < -0.4 is 0 Å². The summed E-state index contributed by atoms with van der Waals surface area (Å²) in [6.07, 6.45) is 1.81. The van der Waals surface area contributed by atoms with E-state index in [2.05, 4.69) is 23.4 Å². The molecule has 114 valence electrons. The second kappa shape index (κ2) is 5.25. The number of fused-ring (bicyclic) bond motifs is 1. The lowest BCUT2D eigenvalue weighted by molar-refractivity contribution is -0.0688. The van der Waals surface area contributed by atoms with E-state index in [1.54, 1.807) is 6.07 Å². The van der Waals surface area contributed by atoms with Crippen LogP contribution >= 0.6 is 11.6 Å². The number of halogens is 2. The average Bonchev–Trinajstić information content (AvgIpc) is 2.76. The molecule has 1 aliphatic rings. The van der Waals surface area contributed by atoms with E-state index >= 15 is 0 Å². The van der Waals surface area contributed by atoms with Crippen molar-refractivity contribution in [3.05, 3.63) is 29.8 Å². The van der Waals surface area contributed by atoms with Crippen LogP contribution in [0.25, 0.3) is 11.0 Å². The van der Waals surface area contributed by atoms with Gasteiger partial charge in [0.05, 0.1) is 22.0 Å². The van der Waals surface area contributed by atoms with Gasteiger partial charge in [0.2, 0.25) is 0 Å². The maximum absolute atomic E-state index is 13.4. The molecule has 1 aromatic carbocycles. The van der Waals surface area contributed by atoms with E-state index in [1.165, 1.54) is 12.1 Å². The molecule has 1 aliphatic heterocycles. The number of benzene rings is 1. The maximum atomic E-state index is 13.4. The van der Waals surface area contributed by atoms with Gasteiger partial charge in [-0.05, 0) is 45.7 Å². The topological polar surface area (TPSA) is 27.1 Å². The predicted molar refractivity (Wildman–Crippen MR) is 82.3 cm³/mol. The molecule has 21 heavy (non-hydrogen) atoms. The summed E-state index contributed by atoms with van der Waals surface area (Å²) in [5, 5.41) is -0.216. The average molecular weight is 311 g/mol. The first-order valence-electron chi connectivity index (χ1n) is 7.33. The van der Waals surface area contributed by atoms with Crippen molar-refractivity contribution in [3.8, 4) is 0 Å². The van der Waals surface area contributed by atoms with Gasteiger partial charge in [-0.15, -0.1) is 11.6 Å². The third-order valence-corrected chi connectivity index (χ3v) is 4.27. The molecule has 0 bridgehead atoms. The van der Waals surface area contributed by atoms with Crippen LogP contribution in [0.2, 0.25) is 0 Å². The Balaban J connectivity index is 2.13. The van der Waals surface area contributed by atoms with E-state index in [0.717, 1.165) is 24.2 Å². The Hall–Kier alpha value is -1.13. The lowest BCUT2D eigenvalue weighted by atomic mass is 9.93. The monoisotopic (exact) mass is 310 g/mol. The number of ether oxygens (including phenoxy) is 1. The first-order chi connectivity index (χ1) is 9.87. The third kappa shape index (κ3) is 2.79. The molecule has 3 nitrogen and oxygen atoms in total. The Morgan fingerprint density at radius 3 is 2.90 bits per heavy atom. The van der Waals surface area contributed by atoms with Crippen molar-refractivity contribution < 1.29 is 9.13 Å². The van der Waals surface area contributed by atoms with Gasteiger partial charge in [0.15, 0.2) is 0 Å². The van der Waals surface area contributed by atoms with Crippen molar-refractivity contribution in [2.75, 3.05) is 6.61 Å². The highest BCUT2D eigenvalue weighted by Crippen LogP contribution is 2.37. The summed E-state index contributed by atoms with van der Waals surface area (Å²) < 4.78 is 21.4. The number of rotatable bonds is 2. The first-order valence-corrected chi connectivity index (χ1v) is 7.76. The summed E-state index contributed by atoms with van der Waals surface area (Å²) >= 11 is 6.30. The Morgan fingerprint density at radius 1 is 1.48 bits per heavy atom. The standard InChI is InChI=1S/C16H20ClFN2O/c1-10(17)15-19-13-8-11(18)4-5-14(13)20(15)12-6-7-21-16(2,3)9-12/h4-5,8,10,12H,6-7,9H2,1-3H3. The zero-order valence-electron chi connectivity index (χ0n) is 12.6. The molecule has 0 amide bonds. The molecule has 1 fully saturated rings. The normalized spacial score (nSPS) is 23.4. The molecule has 0 aliphatic carbocycles. The lowest BCUT2D eigenvalue weighted by Gasteiger charge is -2.37. The number of alkyl halides is 1. The van der Waals surface area contributed by atoms with Gasteiger partial charge in [0.25, 0.3) is 0 Å². The minimum atomic E-state index is -0.270. The number of aromatic nitrogens is 2. The minimum Gasteiger partial charge on any atom is -0.375 e. The van der Waals surface area contributed by atoms with Gasteiger partial charge in [-0.3, -0.25) is 0 Å². The van der Waals surface area contributed by atoms with Crippen molar-refractivity contribution in [3.63, 3.8) is 0 Å². The van der Waals surface area contributed by atoms with E-state index in [-0.39, 0.29) is 22.8 Å².